The first kappa shape index (κ1) is 43.4. The second-order valence-corrected chi connectivity index (χ2v) is 13.7. The second-order valence-electron chi connectivity index (χ2n) is 13.7. The monoisotopic (exact) mass is 624 g/mol. The molecule has 0 atom stereocenters. The van der Waals surface area contributed by atoms with Crippen molar-refractivity contribution in [3.05, 3.63) is 0 Å². The largest absolute Gasteiger partial charge is 0.393 e. The number of unbranched alkanes of at least 4 members (excludes halogenated alkanes) is 26. The van der Waals surface area contributed by atoms with Gasteiger partial charge in [0.15, 0.2) is 0 Å². The molecule has 0 N–H and O–H groups in total. The summed E-state index contributed by atoms with van der Waals surface area (Å²) in [6.07, 6.45) is 42.8. The minimum absolute atomic E-state index is 0.272. The van der Waals surface area contributed by atoms with E-state index in [9.17, 15) is 0 Å². The molecule has 0 aliphatic carbocycles. The second kappa shape index (κ2) is 38.6. The van der Waals surface area contributed by atoms with Crippen LogP contribution < -0.4 is 0 Å². The molecule has 0 saturated carbocycles. The summed E-state index contributed by atoms with van der Waals surface area (Å²) in [4.78, 5) is 6.12. The number of nitrogens with zero attached hydrogens (tertiary/aromatic N) is 1. The first-order valence-electron chi connectivity index (χ1n) is 20.0. The fraction of sp³-hybridized carbons (Fsp3) is 0.975. The number of ether oxygens (including phenoxy) is 2. The summed E-state index contributed by atoms with van der Waals surface area (Å²) in [6, 6.07) is 0. The Bertz CT molecular complexity index is 521. The maximum absolute atomic E-state index is 6.12. The predicted molar refractivity (Wildman–Crippen MR) is 195 cm³/mol. The minimum atomic E-state index is 0.272. The van der Waals surface area contributed by atoms with E-state index >= 15 is 0 Å². The van der Waals surface area contributed by atoms with Crippen LogP contribution in [0.5, 0.6) is 0 Å². The number of hydrogen-bond acceptors (Lipinski definition) is 4. The fourth-order valence-corrected chi connectivity index (χ4v) is 6.06. The van der Waals surface area contributed by atoms with Crippen LogP contribution in [0.4, 0.5) is 0 Å². The van der Waals surface area contributed by atoms with Gasteiger partial charge in [0.1, 0.15) is 6.10 Å². The standard InChI is InChI=1S/C40H81NO3/c1-5-7-9-11-13-15-17-19-21-23-25-27-29-31-33-40(44-41-39(3)35-36-43-38-37-42-4)34-32-30-28-26-24-22-20-18-16-14-12-10-8-6-2/h40H,5-38H2,1-4H3/b41-39+. The molecule has 0 heterocycles. The maximum Gasteiger partial charge on any atom is 0.127 e. The van der Waals surface area contributed by atoms with Crippen LogP contribution in [0, 0.1) is 0 Å². The molecule has 0 radical (unpaired) electrons. The Morgan fingerprint density at radius 1 is 0.455 bits per heavy atom. The fourth-order valence-electron chi connectivity index (χ4n) is 6.06. The molecule has 0 bridgehead atoms. The highest BCUT2D eigenvalue weighted by molar-refractivity contribution is 5.81. The average Bonchev–Trinajstić information content (AvgIpc) is 3.03. The molecule has 0 aromatic rings. The molecule has 44 heavy (non-hydrogen) atoms. The van der Waals surface area contributed by atoms with E-state index in [0.29, 0.717) is 19.8 Å². The smallest absolute Gasteiger partial charge is 0.127 e. The maximum atomic E-state index is 6.12. The Labute approximate surface area is 277 Å². The summed E-state index contributed by atoms with van der Waals surface area (Å²) in [5.74, 6) is 0. The lowest BCUT2D eigenvalue weighted by Gasteiger charge is -2.16. The molecule has 0 aliphatic heterocycles. The number of oxime groups is 1. The highest BCUT2D eigenvalue weighted by Crippen LogP contribution is 2.19. The van der Waals surface area contributed by atoms with E-state index in [2.05, 4.69) is 25.9 Å². The Morgan fingerprint density at radius 2 is 0.795 bits per heavy atom. The van der Waals surface area contributed by atoms with E-state index in [1.54, 1.807) is 7.11 Å². The third-order valence-electron chi connectivity index (χ3n) is 9.16. The molecule has 0 fully saturated rings. The van der Waals surface area contributed by atoms with Gasteiger partial charge in [0.05, 0.1) is 25.5 Å². The highest BCUT2D eigenvalue weighted by Gasteiger charge is 2.10. The molecule has 0 unspecified atom stereocenters. The van der Waals surface area contributed by atoms with E-state index < -0.39 is 0 Å². The van der Waals surface area contributed by atoms with Crippen molar-refractivity contribution in [2.24, 2.45) is 5.16 Å². The normalized spacial score (nSPS) is 12.1. The van der Waals surface area contributed by atoms with Crippen LogP contribution >= 0.6 is 0 Å². The SMILES string of the molecule is CCCCCCCCCCCCCCCCC(CCCCCCCCCCCCCCCC)O/N=C(\C)CCOCCOC. The van der Waals surface area contributed by atoms with Gasteiger partial charge in [-0.05, 0) is 32.6 Å². The zero-order chi connectivity index (χ0) is 32.0. The quantitative estimate of drug-likeness (QED) is 0.0390. The van der Waals surface area contributed by atoms with Crippen molar-refractivity contribution in [2.45, 2.75) is 226 Å². The van der Waals surface area contributed by atoms with Crippen molar-refractivity contribution in [3.63, 3.8) is 0 Å². The summed E-state index contributed by atoms with van der Waals surface area (Å²) in [7, 11) is 1.71. The van der Waals surface area contributed by atoms with Gasteiger partial charge in [-0.25, -0.2) is 0 Å². The van der Waals surface area contributed by atoms with Gasteiger partial charge >= 0.3 is 0 Å². The van der Waals surface area contributed by atoms with Crippen LogP contribution in [0.1, 0.15) is 220 Å². The van der Waals surface area contributed by atoms with Gasteiger partial charge in [0, 0.05) is 13.5 Å². The van der Waals surface area contributed by atoms with E-state index in [1.807, 2.05) is 0 Å². The average molecular weight is 624 g/mol. The summed E-state index contributed by atoms with van der Waals surface area (Å²) >= 11 is 0. The van der Waals surface area contributed by atoms with E-state index in [4.69, 9.17) is 14.3 Å². The van der Waals surface area contributed by atoms with E-state index in [-0.39, 0.29) is 6.10 Å². The van der Waals surface area contributed by atoms with Gasteiger partial charge in [0.25, 0.3) is 0 Å². The molecular weight excluding hydrogens is 542 g/mol. The van der Waals surface area contributed by atoms with Crippen molar-refractivity contribution in [2.75, 3.05) is 26.9 Å². The molecule has 0 aliphatic rings. The topological polar surface area (TPSA) is 40.0 Å². The van der Waals surface area contributed by atoms with Crippen molar-refractivity contribution < 1.29 is 14.3 Å². The summed E-state index contributed by atoms with van der Waals surface area (Å²) in [6.45, 7) is 8.64. The van der Waals surface area contributed by atoms with Gasteiger partial charge in [-0.1, -0.05) is 186 Å². The molecule has 0 aromatic heterocycles. The molecule has 0 saturated heterocycles. The Hall–Kier alpha value is -0.610. The number of rotatable bonds is 38. The van der Waals surface area contributed by atoms with Gasteiger partial charge in [0.2, 0.25) is 0 Å². The lowest BCUT2D eigenvalue weighted by Crippen LogP contribution is -2.12. The van der Waals surface area contributed by atoms with Crippen LogP contribution in [0.2, 0.25) is 0 Å². The lowest BCUT2D eigenvalue weighted by atomic mass is 10.0. The van der Waals surface area contributed by atoms with Crippen LogP contribution in [-0.4, -0.2) is 38.7 Å². The third kappa shape index (κ3) is 35.9. The lowest BCUT2D eigenvalue weighted by molar-refractivity contribution is 0.0413. The molecule has 0 aromatic carbocycles. The summed E-state index contributed by atoms with van der Waals surface area (Å²) in [5, 5.41) is 4.52. The number of methoxy groups -OCH3 is 1. The summed E-state index contributed by atoms with van der Waals surface area (Å²) in [5.41, 5.74) is 1.04. The first-order chi connectivity index (χ1) is 21.7. The molecular formula is C40H81NO3. The Morgan fingerprint density at radius 3 is 1.14 bits per heavy atom. The number of hydrogen-bond donors (Lipinski definition) is 0. The van der Waals surface area contributed by atoms with Gasteiger partial charge < -0.3 is 14.3 Å². The van der Waals surface area contributed by atoms with Gasteiger partial charge in [-0.2, -0.15) is 0 Å². The van der Waals surface area contributed by atoms with Crippen LogP contribution in [0.15, 0.2) is 5.16 Å². The Balaban J connectivity index is 4.01. The van der Waals surface area contributed by atoms with Gasteiger partial charge in [-0.3, -0.25) is 0 Å². The third-order valence-corrected chi connectivity index (χ3v) is 9.16. The minimum Gasteiger partial charge on any atom is -0.393 e. The zero-order valence-electron chi connectivity index (χ0n) is 30.8. The molecule has 4 nitrogen and oxygen atoms in total. The van der Waals surface area contributed by atoms with Crippen LogP contribution in [-0.2, 0) is 14.3 Å². The van der Waals surface area contributed by atoms with Crippen molar-refractivity contribution in [3.8, 4) is 0 Å². The molecule has 4 heteroatoms. The van der Waals surface area contributed by atoms with Crippen molar-refractivity contribution in [1.29, 1.82) is 0 Å². The highest BCUT2D eigenvalue weighted by atomic mass is 16.6. The summed E-state index contributed by atoms with van der Waals surface area (Å²) < 4.78 is 10.7. The molecule has 0 amide bonds. The van der Waals surface area contributed by atoms with E-state index in [1.165, 1.54) is 180 Å². The zero-order valence-corrected chi connectivity index (χ0v) is 30.8. The Kier molecular flexibility index (Phi) is 38.0. The van der Waals surface area contributed by atoms with Crippen molar-refractivity contribution >= 4 is 5.71 Å². The molecule has 0 spiro atoms. The van der Waals surface area contributed by atoms with E-state index in [0.717, 1.165) is 25.0 Å². The van der Waals surface area contributed by atoms with Crippen LogP contribution in [0.3, 0.4) is 0 Å². The van der Waals surface area contributed by atoms with Gasteiger partial charge in [-0.15, -0.1) is 0 Å². The first-order valence-corrected chi connectivity index (χ1v) is 20.0. The van der Waals surface area contributed by atoms with Crippen LogP contribution in [0.25, 0.3) is 0 Å². The predicted octanol–water partition coefficient (Wildman–Crippen LogP) is 13.5. The van der Waals surface area contributed by atoms with Crippen molar-refractivity contribution in [1.82, 2.24) is 0 Å². The molecule has 264 valence electrons. The molecule has 0 rings (SSSR count).